The Balaban J connectivity index is 1.99. The summed E-state index contributed by atoms with van der Waals surface area (Å²) in [6.45, 7) is 4.10. The van der Waals surface area contributed by atoms with Crippen molar-refractivity contribution in [3.8, 4) is 5.75 Å². The van der Waals surface area contributed by atoms with Crippen LogP contribution in [0.15, 0.2) is 18.2 Å². The molecule has 3 nitrogen and oxygen atoms in total. The van der Waals surface area contributed by atoms with Crippen LogP contribution in [0.2, 0.25) is 5.02 Å². The molecule has 0 amide bonds. The highest BCUT2D eigenvalue weighted by molar-refractivity contribution is 6.32. The number of aryl methyl sites for hydroxylation is 1. The molecular formula is C14H20ClNO2. The van der Waals surface area contributed by atoms with E-state index in [0.29, 0.717) is 17.4 Å². The monoisotopic (exact) mass is 269 g/mol. The maximum atomic E-state index is 10.5. The third-order valence-corrected chi connectivity index (χ3v) is 3.66. The molecule has 1 heterocycles. The third kappa shape index (κ3) is 3.61. The van der Waals surface area contributed by atoms with E-state index in [1.54, 1.807) is 0 Å². The second kappa shape index (κ2) is 5.91. The number of benzene rings is 1. The lowest BCUT2D eigenvalue weighted by atomic mass is 9.96. The first-order valence-corrected chi connectivity index (χ1v) is 6.79. The van der Waals surface area contributed by atoms with E-state index in [-0.39, 0.29) is 0 Å². The molecule has 1 saturated heterocycles. The lowest BCUT2D eigenvalue weighted by Crippen LogP contribution is -2.36. The minimum Gasteiger partial charge on any atom is -0.489 e. The van der Waals surface area contributed by atoms with E-state index < -0.39 is 5.60 Å². The number of hydrogen-bond donors (Lipinski definition) is 2. The summed E-state index contributed by atoms with van der Waals surface area (Å²) in [5.74, 6) is 0.655. The van der Waals surface area contributed by atoms with Gasteiger partial charge >= 0.3 is 0 Å². The van der Waals surface area contributed by atoms with Crippen LogP contribution >= 0.6 is 11.6 Å². The van der Waals surface area contributed by atoms with Crippen LogP contribution in [0, 0.1) is 6.92 Å². The van der Waals surface area contributed by atoms with Crippen LogP contribution in [0.1, 0.15) is 24.8 Å². The van der Waals surface area contributed by atoms with E-state index in [9.17, 15) is 5.11 Å². The Morgan fingerprint density at radius 1 is 1.39 bits per heavy atom. The maximum Gasteiger partial charge on any atom is 0.138 e. The summed E-state index contributed by atoms with van der Waals surface area (Å²) in [4.78, 5) is 0. The Morgan fingerprint density at radius 2 is 2.22 bits per heavy atom. The molecule has 1 aliphatic heterocycles. The lowest BCUT2D eigenvalue weighted by molar-refractivity contribution is -0.0147. The van der Waals surface area contributed by atoms with Gasteiger partial charge in [-0.1, -0.05) is 17.7 Å². The van der Waals surface area contributed by atoms with Crippen molar-refractivity contribution in [2.24, 2.45) is 0 Å². The zero-order valence-electron chi connectivity index (χ0n) is 10.7. The minimum atomic E-state index is -0.740. The average Bonchev–Trinajstić information content (AvgIpc) is 2.56. The predicted molar refractivity (Wildman–Crippen MR) is 73.4 cm³/mol. The van der Waals surface area contributed by atoms with Crippen LogP contribution in [0.4, 0.5) is 0 Å². The molecule has 2 rings (SSSR count). The molecule has 0 radical (unpaired) electrons. The molecule has 1 aliphatic rings. The average molecular weight is 270 g/mol. The highest BCUT2D eigenvalue weighted by atomic mass is 35.5. The second-order valence-corrected chi connectivity index (χ2v) is 5.46. The van der Waals surface area contributed by atoms with Crippen molar-refractivity contribution in [2.75, 3.05) is 19.7 Å². The van der Waals surface area contributed by atoms with Gasteiger partial charge < -0.3 is 15.2 Å². The van der Waals surface area contributed by atoms with Crippen LogP contribution < -0.4 is 10.1 Å². The summed E-state index contributed by atoms with van der Waals surface area (Å²) in [5.41, 5.74) is 0.361. The van der Waals surface area contributed by atoms with Crippen LogP contribution in [0.25, 0.3) is 0 Å². The van der Waals surface area contributed by atoms with Gasteiger partial charge in [-0.2, -0.15) is 0 Å². The summed E-state index contributed by atoms with van der Waals surface area (Å²) >= 11 is 6.07. The van der Waals surface area contributed by atoms with Crippen molar-refractivity contribution in [3.63, 3.8) is 0 Å². The van der Waals surface area contributed by atoms with Gasteiger partial charge in [0.05, 0.1) is 10.6 Å². The van der Waals surface area contributed by atoms with E-state index in [4.69, 9.17) is 16.3 Å². The highest BCUT2D eigenvalue weighted by Crippen LogP contribution is 2.28. The number of rotatable bonds is 3. The fourth-order valence-corrected chi connectivity index (χ4v) is 2.36. The summed E-state index contributed by atoms with van der Waals surface area (Å²) < 4.78 is 5.71. The quantitative estimate of drug-likeness (QED) is 0.886. The molecule has 1 aromatic carbocycles. The number of halogens is 1. The van der Waals surface area contributed by atoms with Gasteiger partial charge in [0.25, 0.3) is 0 Å². The van der Waals surface area contributed by atoms with E-state index in [2.05, 4.69) is 5.32 Å². The molecule has 0 spiro atoms. The first kappa shape index (κ1) is 13.7. The van der Waals surface area contributed by atoms with Gasteiger partial charge in [0, 0.05) is 0 Å². The molecule has 1 atom stereocenters. The Bertz CT molecular complexity index is 401. The van der Waals surface area contributed by atoms with Gasteiger partial charge in [0.2, 0.25) is 0 Å². The Labute approximate surface area is 113 Å². The van der Waals surface area contributed by atoms with Gasteiger partial charge in [0.15, 0.2) is 0 Å². The normalized spacial score (nSPS) is 24.6. The first-order valence-electron chi connectivity index (χ1n) is 6.41. The molecule has 1 aromatic rings. The summed E-state index contributed by atoms with van der Waals surface area (Å²) in [5, 5.41) is 14.3. The van der Waals surface area contributed by atoms with Gasteiger partial charge in [-0.25, -0.2) is 0 Å². The smallest absolute Gasteiger partial charge is 0.138 e. The minimum absolute atomic E-state index is 0.303. The molecule has 1 fully saturated rings. The molecule has 18 heavy (non-hydrogen) atoms. The molecule has 4 heteroatoms. The summed E-state index contributed by atoms with van der Waals surface area (Å²) in [7, 11) is 0. The van der Waals surface area contributed by atoms with Crippen molar-refractivity contribution >= 4 is 11.6 Å². The van der Waals surface area contributed by atoms with E-state index in [0.717, 1.165) is 37.9 Å². The van der Waals surface area contributed by atoms with E-state index in [1.165, 1.54) is 0 Å². The maximum absolute atomic E-state index is 10.5. The van der Waals surface area contributed by atoms with Crippen LogP contribution in [0.5, 0.6) is 5.75 Å². The van der Waals surface area contributed by atoms with Crippen LogP contribution in [-0.4, -0.2) is 30.4 Å². The van der Waals surface area contributed by atoms with Crippen molar-refractivity contribution in [3.05, 3.63) is 28.8 Å². The standard InChI is InChI=1S/C14H20ClNO2/c1-11-3-4-12(15)13(9-11)18-10-14(17)5-2-7-16-8-6-14/h3-4,9,16-17H,2,5-8,10H2,1H3. The van der Waals surface area contributed by atoms with E-state index >= 15 is 0 Å². The van der Waals surface area contributed by atoms with Crippen LogP contribution in [0.3, 0.4) is 0 Å². The second-order valence-electron chi connectivity index (χ2n) is 5.05. The first-order chi connectivity index (χ1) is 8.59. The molecule has 0 saturated carbocycles. The van der Waals surface area contributed by atoms with Crippen molar-refractivity contribution in [1.82, 2.24) is 5.32 Å². The number of nitrogens with one attached hydrogen (secondary N) is 1. The van der Waals surface area contributed by atoms with Gasteiger partial charge in [0.1, 0.15) is 12.4 Å². The molecule has 0 aromatic heterocycles. The predicted octanol–water partition coefficient (Wildman–Crippen LogP) is 2.53. The van der Waals surface area contributed by atoms with Gasteiger partial charge in [-0.3, -0.25) is 0 Å². The summed E-state index contributed by atoms with van der Waals surface area (Å²) in [6.07, 6.45) is 2.46. The molecule has 100 valence electrons. The van der Waals surface area contributed by atoms with Gasteiger partial charge in [-0.05, 0) is 57.0 Å². The largest absolute Gasteiger partial charge is 0.489 e. The van der Waals surface area contributed by atoms with Crippen molar-refractivity contribution in [2.45, 2.75) is 31.8 Å². The molecule has 1 unspecified atom stereocenters. The Morgan fingerprint density at radius 3 is 3.06 bits per heavy atom. The van der Waals surface area contributed by atoms with Crippen molar-refractivity contribution in [1.29, 1.82) is 0 Å². The molecule has 0 aliphatic carbocycles. The van der Waals surface area contributed by atoms with Crippen LogP contribution in [-0.2, 0) is 0 Å². The van der Waals surface area contributed by atoms with Gasteiger partial charge in [-0.15, -0.1) is 0 Å². The number of aliphatic hydroxyl groups is 1. The molecule has 2 N–H and O–H groups in total. The Kier molecular flexibility index (Phi) is 4.49. The lowest BCUT2D eigenvalue weighted by Gasteiger charge is -2.26. The Hall–Kier alpha value is -0.770. The zero-order chi connectivity index (χ0) is 13.0. The number of hydrogen-bond acceptors (Lipinski definition) is 3. The molecular weight excluding hydrogens is 250 g/mol. The highest BCUT2D eigenvalue weighted by Gasteiger charge is 2.29. The zero-order valence-corrected chi connectivity index (χ0v) is 11.5. The van der Waals surface area contributed by atoms with E-state index in [1.807, 2.05) is 25.1 Å². The fourth-order valence-electron chi connectivity index (χ4n) is 2.19. The fraction of sp³-hybridized carbons (Fsp3) is 0.571. The topological polar surface area (TPSA) is 41.5 Å². The molecule has 0 bridgehead atoms. The summed E-state index contributed by atoms with van der Waals surface area (Å²) in [6, 6.07) is 5.67. The van der Waals surface area contributed by atoms with Crippen molar-refractivity contribution < 1.29 is 9.84 Å². The third-order valence-electron chi connectivity index (χ3n) is 3.35. The SMILES string of the molecule is Cc1ccc(Cl)c(OCC2(O)CCCNCC2)c1. The number of ether oxygens (including phenoxy) is 1.